The van der Waals surface area contributed by atoms with Crippen molar-refractivity contribution in [3.63, 3.8) is 0 Å². The lowest BCUT2D eigenvalue weighted by molar-refractivity contribution is -0.118. The van der Waals surface area contributed by atoms with Gasteiger partial charge in [-0.25, -0.2) is 8.42 Å². The van der Waals surface area contributed by atoms with Gasteiger partial charge in [-0.15, -0.1) is 0 Å². The number of piperidine rings is 1. The first-order valence-electron chi connectivity index (χ1n) is 11.6. The maximum Gasteiger partial charge on any atom is 0.263 e. The zero-order chi connectivity index (χ0) is 23.8. The fourth-order valence-corrected chi connectivity index (χ4v) is 5.28. The summed E-state index contributed by atoms with van der Waals surface area (Å²) in [6, 6.07) is 18.0. The molecule has 0 saturated carbocycles. The summed E-state index contributed by atoms with van der Waals surface area (Å²) in [6.07, 6.45) is 6.81. The molecule has 178 valence electrons. The summed E-state index contributed by atoms with van der Waals surface area (Å²) in [7, 11) is -3.77. The SMILES string of the molecule is O=C(CCc1cccnc1)Cc1ccc(NS(=O)(=O)c2ccccc2NC2CCNCC2)cc1. The molecular weight excluding hydrogens is 448 g/mol. The van der Waals surface area contributed by atoms with Gasteiger partial charge < -0.3 is 10.6 Å². The molecule has 0 atom stereocenters. The minimum Gasteiger partial charge on any atom is -0.381 e. The van der Waals surface area contributed by atoms with E-state index in [4.69, 9.17) is 0 Å². The van der Waals surface area contributed by atoms with E-state index in [-0.39, 0.29) is 16.7 Å². The number of rotatable bonds is 10. The highest BCUT2D eigenvalue weighted by Crippen LogP contribution is 2.25. The molecule has 0 bridgehead atoms. The highest BCUT2D eigenvalue weighted by atomic mass is 32.2. The van der Waals surface area contributed by atoms with Crippen LogP contribution < -0.4 is 15.4 Å². The summed E-state index contributed by atoms with van der Waals surface area (Å²) in [5.41, 5.74) is 2.96. The fraction of sp³-hybridized carbons (Fsp3) is 0.308. The quantitative estimate of drug-likeness (QED) is 0.410. The Morgan fingerprint density at radius 2 is 1.74 bits per heavy atom. The summed E-state index contributed by atoms with van der Waals surface area (Å²) < 4.78 is 28.9. The largest absolute Gasteiger partial charge is 0.381 e. The van der Waals surface area contributed by atoms with Crippen LogP contribution in [0.1, 0.15) is 30.4 Å². The van der Waals surface area contributed by atoms with Crippen LogP contribution in [0.2, 0.25) is 0 Å². The van der Waals surface area contributed by atoms with Gasteiger partial charge in [0.05, 0.1) is 5.69 Å². The van der Waals surface area contributed by atoms with Crippen molar-refractivity contribution in [2.75, 3.05) is 23.1 Å². The maximum absolute atomic E-state index is 13.1. The minimum absolute atomic E-state index is 0.134. The average molecular weight is 479 g/mol. The van der Waals surface area contributed by atoms with Crippen LogP contribution in [-0.4, -0.2) is 38.3 Å². The number of nitrogens with one attached hydrogen (secondary N) is 3. The Kier molecular flexibility index (Phi) is 7.92. The number of hydrogen-bond acceptors (Lipinski definition) is 6. The van der Waals surface area contributed by atoms with Crippen LogP contribution in [0.4, 0.5) is 11.4 Å². The van der Waals surface area contributed by atoms with Crippen LogP contribution in [0.15, 0.2) is 78.0 Å². The van der Waals surface area contributed by atoms with Crippen molar-refractivity contribution in [3.05, 3.63) is 84.2 Å². The number of sulfonamides is 1. The average Bonchev–Trinajstić information content (AvgIpc) is 2.85. The Hall–Kier alpha value is -3.23. The molecule has 1 saturated heterocycles. The summed E-state index contributed by atoms with van der Waals surface area (Å²) >= 11 is 0. The second-order valence-corrected chi connectivity index (χ2v) is 10.2. The first-order valence-corrected chi connectivity index (χ1v) is 13.1. The van der Waals surface area contributed by atoms with Crippen LogP contribution in [0.3, 0.4) is 0 Å². The number of ketones is 1. The van der Waals surface area contributed by atoms with Gasteiger partial charge in [0.1, 0.15) is 10.7 Å². The highest BCUT2D eigenvalue weighted by molar-refractivity contribution is 7.92. The van der Waals surface area contributed by atoms with Gasteiger partial charge >= 0.3 is 0 Å². The van der Waals surface area contributed by atoms with Gasteiger partial charge in [-0.05, 0) is 73.8 Å². The number of carbonyl (C=O) groups is 1. The first kappa shape index (κ1) is 23.9. The topological polar surface area (TPSA) is 100 Å². The van der Waals surface area contributed by atoms with E-state index in [2.05, 4.69) is 20.3 Å². The molecule has 0 spiro atoms. The van der Waals surface area contributed by atoms with Crippen molar-refractivity contribution in [2.45, 2.75) is 43.0 Å². The van der Waals surface area contributed by atoms with Gasteiger partial charge in [0, 0.05) is 37.0 Å². The van der Waals surface area contributed by atoms with Crippen molar-refractivity contribution in [1.82, 2.24) is 10.3 Å². The lowest BCUT2D eigenvalue weighted by Crippen LogP contribution is -2.35. The van der Waals surface area contributed by atoms with Crippen LogP contribution in [-0.2, 0) is 27.7 Å². The van der Waals surface area contributed by atoms with E-state index < -0.39 is 10.0 Å². The summed E-state index contributed by atoms with van der Waals surface area (Å²) in [5, 5.41) is 6.71. The van der Waals surface area contributed by atoms with E-state index in [0.29, 0.717) is 30.6 Å². The lowest BCUT2D eigenvalue weighted by atomic mass is 10.0. The number of nitrogens with zero attached hydrogens (tertiary/aromatic N) is 1. The van der Waals surface area contributed by atoms with Crippen molar-refractivity contribution in [2.24, 2.45) is 0 Å². The van der Waals surface area contributed by atoms with Gasteiger partial charge in [0.2, 0.25) is 0 Å². The molecule has 2 heterocycles. The van der Waals surface area contributed by atoms with Crippen LogP contribution in [0, 0.1) is 0 Å². The number of anilines is 2. The predicted octanol–water partition coefficient (Wildman–Crippen LogP) is 3.79. The number of benzene rings is 2. The third kappa shape index (κ3) is 6.65. The molecule has 4 rings (SSSR count). The number of Topliss-reactive ketones (excluding diaryl/α,β-unsaturated/α-hetero) is 1. The van der Waals surface area contributed by atoms with Gasteiger partial charge in [-0.1, -0.05) is 30.3 Å². The molecule has 8 heteroatoms. The van der Waals surface area contributed by atoms with Gasteiger partial charge in [0.15, 0.2) is 0 Å². The number of pyridine rings is 1. The normalized spacial score (nSPS) is 14.5. The maximum atomic E-state index is 13.1. The number of carbonyl (C=O) groups excluding carboxylic acids is 1. The molecule has 1 fully saturated rings. The van der Waals surface area contributed by atoms with Crippen molar-refractivity contribution >= 4 is 27.2 Å². The van der Waals surface area contributed by atoms with Crippen LogP contribution in [0.25, 0.3) is 0 Å². The summed E-state index contributed by atoms with van der Waals surface area (Å²) in [4.78, 5) is 16.6. The first-order chi connectivity index (χ1) is 16.5. The number of hydrogen-bond donors (Lipinski definition) is 3. The van der Waals surface area contributed by atoms with Gasteiger partial charge in [0.25, 0.3) is 10.0 Å². The Morgan fingerprint density at radius 3 is 2.47 bits per heavy atom. The second kappa shape index (κ2) is 11.3. The monoisotopic (exact) mass is 478 g/mol. The van der Waals surface area contributed by atoms with Crippen LogP contribution in [0.5, 0.6) is 0 Å². The summed E-state index contributed by atoms with van der Waals surface area (Å²) in [6.45, 7) is 1.84. The van der Waals surface area contributed by atoms with Crippen molar-refractivity contribution in [1.29, 1.82) is 0 Å². The smallest absolute Gasteiger partial charge is 0.263 e. The van der Waals surface area contributed by atoms with E-state index in [1.807, 2.05) is 18.2 Å². The Bertz CT molecular complexity index is 1190. The molecule has 0 unspecified atom stereocenters. The van der Waals surface area contributed by atoms with Gasteiger partial charge in [-0.2, -0.15) is 0 Å². The van der Waals surface area contributed by atoms with E-state index in [0.717, 1.165) is 37.1 Å². The molecule has 34 heavy (non-hydrogen) atoms. The zero-order valence-electron chi connectivity index (χ0n) is 19.0. The number of aromatic nitrogens is 1. The molecule has 1 aliphatic rings. The van der Waals surface area contributed by atoms with Crippen molar-refractivity contribution in [3.8, 4) is 0 Å². The molecule has 1 aromatic heterocycles. The fourth-order valence-electron chi connectivity index (χ4n) is 4.05. The molecule has 3 aromatic rings. The standard InChI is InChI=1S/C26H30N4O3S/c31-24(12-9-21-4-3-15-28-19-21)18-20-7-10-23(11-8-20)30-34(32,33)26-6-2-1-5-25(26)29-22-13-16-27-17-14-22/h1-8,10-11,15,19,22,27,29-30H,9,12-14,16-18H2. The van der Waals surface area contributed by atoms with E-state index in [9.17, 15) is 13.2 Å². The minimum atomic E-state index is -3.77. The molecule has 2 aromatic carbocycles. The molecule has 3 N–H and O–H groups in total. The van der Waals surface area contributed by atoms with Gasteiger partial charge in [-0.3, -0.25) is 14.5 Å². The Balaban J connectivity index is 1.36. The molecular formula is C26H30N4O3S. The van der Waals surface area contributed by atoms with E-state index >= 15 is 0 Å². The number of para-hydroxylation sites is 1. The third-order valence-corrected chi connectivity index (χ3v) is 7.34. The predicted molar refractivity (Wildman–Crippen MR) is 134 cm³/mol. The summed E-state index contributed by atoms with van der Waals surface area (Å²) in [5.74, 6) is 0.134. The molecule has 7 nitrogen and oxygen atoms in total. The van der Waals surface area contributed by atoms with Crippen molar-refractivity contribution < 1.29 is 13.2 Å². The third-order valence-electron chi connectivity index (χ3n) is 5.90. The molecule has 0 aliphatic carbocycles. The molecule has 1 aliphatic heterocycles. The Morgan fingerprint density at radius 1 is 0.971 bits per heavy atom. The molecule has 0 amide bonds. The van der Waals surface area contributed by atoms with E-state index in [1.165, 1.54) is 0 Å². The zero-order valence-corrected chi connectivity index (χ0v) is 19.9. The molecule has 0 radical (unpaired) electrons. The Labute approximate surface area is 201 Å². The highest BCUT2D eigenvalue weighted by Gasteiger charge is 2.21. The lowest BCUT2D eigenvalue weighted by Gasteiger charge is -2.25. The van der Waals surface area contributed by atoms with Crippen LogP contribution >= 0.6 is 0 Å². The second-order valence-electron chi connectivity index (χ2n) is 8.54. The number of aryl methyl sites for hydroxylation is 1. The van der Waals surface area contributed by atoms with E-state index in [1.54, 1.807) is 54.9 Å².